The van der Waals surface area contributed by atoms with Gasteiger partial charge >= 0.3 is 11.9 Å². The minimum Gasteiger partial charge on any atom is -0.478 e. The van der Waals surface area contributed by atoms with Crippen molar-refractivity contribution in [2.45, 2.75) is 13.0 Å². The van der Waals surface area contributed by atoms with Crippen LogP contribution < -0.4 is 5.01 Å². The first-order valence-corrected chi connectivity index (χ1v) is 10.1. The van der Waals surface area contributed by atoms with Crippen LogP contribution in [0.4, 0.5) is 5.69 Å². The van der Waals surface area contributed by atoms with Gasteiger partial charge in [0.25, 0.3) is 11.8 Å². The molecule has 2 heterocycles. The smallest absolute Gasteiger partial charge is 0.335 e. The Kier molecular flexibility index (Phi) is 5.47. The highest BCUT2D eigenvalue weighted by molar-refractivity contribution is 6.31. The van der Waals surface area contributed by atoms with Gasteiger partial charge in [-0.3, -0.25) is 9.59 Å². The van der Waals surface area contributed by atoms with Crippen molar-refractivity contribution in [1.82, 2.24) is 9.58 Å². The lowest BCUT2D eigenvalue weighted by atomic mass is 10.1. The first-order valence-electron chi connectivity index (χ1n) is 10.1. The van der Waals surface area contributed by atoms with Crippen LogP contribution in [0.5, 0.6) is 0 Å². The molecule has 0 spiro atoms. The Morgan fingerprint density at radius 2 is 1.70 bits per heavy atom. The van der Waals surface area contributed by atoms with E-state index < -0.39 is 29.8 Å². The predicted molar refractivity (Wildman–Crippen MR) is 120 cm³/mol. The van der Waals surface area contributed by atoms with E-state index in [2.05, 4.69) is 0 Å². The van der Waals surface area contributed by atoms with Gasteiger partial charge in [-0.1, -0.05) is 18.2 Å². The average Bonchev–Trinajstić information content (AvgIpc) is 3.28. The number of benzene rings is 2. The summed E-state index contributed by atoms with van der Waals surface area (Å²) in [5.41, 5.74) is 1.76. The van der Waals surface area contributed by atoms with Crippen LogP contribution >= 0.6 is 0 Å². The number of nitrogens with zero attached hydrogens (tertiary/aromatic N) is 3. The second-order valence-electron chi connectivity index (χ2n) is 7.56. The van der Waals surface area contributed by atoms with Crippen molar-refractivity contribution in [3.63, 3.8) is 0 Å². The zero-order valence-corrected chi connectivity index (χ0v) is 18.2. The van der Waals surface area contributed by atoms with Crippen molar-refractivity contribution >= 4 is 46.4 Å². The maximum absolute atomic E-state index is 13.2. The normalized spacial score (nSPS) is 16.0. The largest absolute Gasteiger partial charge is 0.478 e. The van der Waals surface area contributed by atoms with Crippen molar-refractivity contribution in [1.29, 1.82) is 0 Å². The molecule has 2 aromatic carbocycles. The van der Waals surface area contributed by atoms with Gasteiger partial charge in [0.1, 0.15) is 11.6 Å². The standard InChI is InChI=1S/C24H21N3O6/c1-14(24(32)33-3)26-13-16(18-6-4-5-7-20(18)26)12-19-21(28)25(2)27(22(19)29)17-10-8-15(9-11-17)23(30)31/h4-14H,1-3H3,(H,30,31)/b19-12-. The molecule has 1 N–H and O–H groups in total. The quantitative estimate of drug-likeness (QED) is 0.366. The Hall–Kier alpha value is -4.40. The zero-order valence-electron chi connectivity index (χ0n) is 18.2. The lowest BCUT2D eigenvalue weighted by Crippen LogP contribution is -2.37. The first-order chi connectivity index (χ1) is 15.7. The molecular weight excluding hydrogens is 426 g/mol. The molecule has 0 saturated carbocycles. The van der Waals surface area contributed by atoms with Crippen LogP contribution in [0.1, 0.15) is 28.9 Å². The van der Waals surface area contributed by atoms with Crippen LogP contribution in [0.3, 0.4) is 0 Å². The number of fused-ring (bicyclic) bond motifs is 1. The van der Waals surface area contributed by atoms with E-state index in [0.29, 0.717) is 11.3 Å². The predicted octanol–water partition coefficient (Wildman–Crippen LogP) is 2.88. The fourth-order valence-electron chi connectivity index (χ4n) is 3.87. The average molecular weight is 447 g/mol. The van der Waals surface area contributed by atoms with Crippen molar-refractivity contribution < 1.29 is 29.0 Å². The number of esters is 1. The molecule has 33 heavy (non-hydrogen) atoms. The highest BCUT2D eigenvalue weighted by atomic mass is 16.5. The number of anilines is 1. The lowest BCUT2D eigenvalue weighted by Gasteiger charge is -2.23. The van der Waals surface area contributed by atoms with E-state index in [9.17, 15) is 19.2 Å². The summed E-state index contributed by atoms with van der Waals surface area (Å²) < 4.78 is 6.60. The monoisotopic (exact) mass is 447 g/mol. The number of para-hydroxylation sites is 1. The van der Waals surface area contributed by atoms with E-state index in [1.807, 2.05) is 24.3 Å². The lowest BCUT2D eigenvalue weighted by molar-refractivity contribution is -0.143. The Labute approximate surface area is 189 Å². The molecule has 168 valence electrons. The highest BCUT2D eigenvalue weighted by Crippen LogP contribution is 2.31. The summed E-state index contributed by atoms with van der Waals surface area (Å²) in [5, 5.41) is 12.2. The van der Waals surface area contributed by atoms with Crippen molar-refractivity contribution in [3.8, 4) is 0 Å². The van der Waals surface area contributed by atoms with E-state index >= 15 is 0 Å². The molecule has 9 nitrogen and oxygen atoms in total. The van der Waals surface area contributed by atoms with E-state index in [4.69, 9.17) is 9.84 Å². The number of carboxylic acid groups (broad SMARTS) is 1. The second kappa shape index (κ2) is 8.27. The minimum atomic E-state index is -1.09. The van der Waals surface area contributed by atoms with Crippen molar-refractivity contribution in [3.05, 3.63) is 71.4 Å². The van der Waals surface area contributed by atoms with Gasteiger partial charge in [-0.15, -0.1) is 0 Å². The number of rotatable bonds is 5. The third-order valence-corrected chi connectivity index (χ3v) is 5.64. The van der Waals surface area contributed by atoms with Crippen LogP contribution in [0.25, 0.3) is 17.0 Å². The summed E-state index contributed by atoms with van der Waals surface area (Å²) >= 11 is 0. The number of methoxy groups -OCH3 is 1. The molecule has 0 bridgehead atoms. The summed E-state index contributed by atoms with van der Waals surface area (Å²) in [6, 6.07) is 12.4. The maximum Gasteiger partial charge on any atom is 0.335 e. The zero-order chi connectivity index (χ0) is 23.9. The number of ether oxygens (including phenoxy) is 1. The van der Waals surface area contributed by atoms with Crippen LogP contribution in [0, 0.1) is 0 Å². The van der Waals surface area contributed by atoms with Gasteiger partial charge in [-0.25, -0.2) is 19.6 Å². The Morgan fingerprint density at radius 1 is 1.03 bits per heavy atom. The molecule has 4 rings (SSSR count). The van der Waals surface area contributed by atoms with Crippen LogP contribution in [0.2, 0.25) is 0 Å². The number of carbonyl (C=O) groups is 4. The molecule has 9 heteroatoms. The molecule has 3 aromatic rings. The van der Waals surface area contributed by atoms with Crippen LogP contribution in [-0.2, 0) is 19.1 Å². The van der Waals surface area contributed by atoms with Gasteiger partial charge in [0, 0.05) is 29.7 Å². The first kappa shape index (κ1) is 21.8. The number of aromatic nitrogens is 1. The molecule has 1 atom stereocenters. The third-order valence-electron chi connectivity index (χ3n) is 5.64. The molecule has 2 amide bonds. The number of hydrazine groups is 1. The van der Waals surface area contributed by atoms with Crippen molar-refractivity contribution in [2.75, 3.05) is 19.2 Å². The second-order valence-corrected chi connectivity index (χ2v) is 7.56. The SMILES string of the molecule is COC(=O)C(C)n1cc(/C=C2/C(=O)N(C)N(c3ccc(C(=O)O)cc3)C2=O)c2ccccc21. The number of likely N-dealkylation sites (N-methyl/N-ethyl adjacent to an activating group) is 1. The molecule has 1 unspecified atom stereocenters. The van der Waals surface area contributed by atoms with Gasteiger partial charge in [0.05, 0.1) is 18.4 Å². The van der Waals surface area contributed by atoms with Gasteiger partial charge < -0.3 is 14.4 Å². The molecule has 0 aliphatic carbocycles. The number of carbonyl (C=O) groups excluding carboxylic acids is 3. The van der Waals surface area contributed by atoms with E-state index in [-0.39, 0.29) is 11.1 Å². The highest BCUT2D eigenvalue weighted by Gasteiger charge is 2.40. The van der Waals surface area contributed by atoms with Gasteiger partial charge in [0.15, 0.2) is 0 Å². The summed E-state index contributed by atoms with van der Waals surface area (Å²) in [7, 11) is 2.78. The van der Waals surface area contributed by atoms with E-state index in [0.717, 1.165) is 10.9 Å². The van der Waals surface area contributed by atoms with E-state index in [1.165, 1.54) is 54.5 Å². The summed E-state index contributed by atoms with van der Waals surface area (Å²) in [6.07, 6.45) is 3.22. The fraction of sp³-hybridized carbons (Fsp3) is 0.167. The summed E-state index contributed by atoms with van der Waals surface area (Å²) in [5.74, 6) is -2.54. The number of aromatic carboxylic acids is 1. The molecular formula is C24H21N3O6. The maximum atomic E-state index is 13.2. The Bertz CT molecular complexity index is 1320. The number of amides is 2. The van der Waals surface area contributed by atoms with E-state index in [1.54, 1.807) is 17.7 Å². The molecule has 1 saturated heterocycles. The molecule has 0 radical (unpaired) electrons. The number of hydrogen-bond acceptors (Lipinski definition) is 5. The van der Waals surface area contributed by atoms with Crippen LogP contribution in [0.15, 0.2) is 60.3 Å². The Balaban J connectivity index is 1.76. The summed E-state index contributed by atoms with van der Waals surface area (Å²) in [4.78, 5) is 49.3. The van der Waals surface area contributed by atoms with Crippen molar-refractivity contribution in [2.24, 2.45) is 0 Å². The molecule has 1 aromatic heterocycles. The number of hydrogen-bond donors (Lipinski definition) is 1. The molecule has 1 aliphatic heterocycles. The summed E-state index contributed by atoms with van der Waals surface area (Å²) in [6.45, 7) is 1.71. The number of carboxylic acids is 1. The molecule has 1 aliphatic rings. The third kappa shape index (κ3) is 3.63. The van der Waals surface area contributed by atoms with Gasteiger partial charge in [0.2, 0.25) is 0 Å². The van der Waals surface area contributed by atoms with Gasteiger partial charge in [-0.05, 0) is 43.3 Å². The topological polar surface area (TPSA) is 109 Å². The fourth-order valence-corrected chi connectivity index (χ4v) is 3.87. The minimum absolute atomic E-state index is 0.0477. The Morgan fingerprint density at radius 3 is 2.33 bits per heavy atom. The molecule has 1 fully saturated rings. The van der Waals surface area contributed by atoms with Crippen LogP contribution in [-0.4, -0.2) is 52.6 Å². The van der Waals surface area contributed by atoms with Gasteiger partial charge in [-0.2, -0.15) is 0 Å².